The molecule has 0 radical (unpaired) electrons. The number of ether oxygens (including phenoxy) is 1. The molecule has 0 fully saturated rings. The summed E-state index contributed by atoms with van der Waals surface area (Å²) in [5.74, 6) is -0.533. The van der Waals surface area contributed by atoms with Gasteiger partial charge in [-0.1, -0.05) is 36.4 Å². The fourth-order valence-electron chi connectivity index (χ4n) is 6.29. The predicted molar refractivity (Wildman–Crippen MR) is 179 cm³/mol. The van der Waals surface area contributed by atoms with Crippen molar-refractivity contribution >= 4 is 23.0 Å². The van der Waals surface area contributed by atoms with E-state index in [2.05, 4.69) is 27.0 Å². The standard InChI is InChI=1S/C38H36N4O6/c39-23-26-13-18-35-32(22-26)41-37(48-35)28-14-11-25(12-15-28)24-47-34-9-2-1-6-27(34)19-21-42(20-4-3-10-36(43)44)33-8-5-7-30-29(33)16-17-31(40-30)38(45)46/h1-2,6,9,11-18,22,33H,3-5,7-8,10,19-21,24H2,(H,43,44)(H,45,46). The second kappa shape index (κ2) is 14.9. The second-order valence-electron chi connectivity index (χ2n) is 12.0. The molecular formula is C38H36N4O6. The van der Waals surface area contributed by atoms with Crippen molar-refractivity contribution in [2.75, 3.05) is 13.1 Å². The number of carbonyl (C=O) groups is 2. The number of nitriles is 1. The smallest absolute Gasteiger partial charge is 0.354 e. The number of nitrogens with zero attached hydrogens (tertiary/aromatic N) is 4. The van der Waals surface area contributed by atoms with E-state index in [1.54, 1.807) is 24.3 Å². The van der Waals surface area contributed by atoms with Gasteiger partial charge in [-0.25, -0.2) is 14.8 Å². The Labute approximate surface area is 278 Å². The van der Waals surface area contributed by atoms with Gasteiger partial charge in [0.2, 0.25) is 5.89 Å². The summed E-state index contributed by atoms with van der Waals surface area (Å²) in [6.45, 7) is 1.84. The minimum absolute atomic E-state index is 0.0597. The maximum Gasteiger partial charge on any atom is 0.354 e. The zero-order chi connectivity index (χ0) is 33.5. The average molecular weight is 645 g/mol. The number of aryl methyl sites for hydroxylation is 1. The molecule has 0 amide bonds. The Morgan fingerprint density at radius 3 is 2.60 bits per heavy atom. The number of hydrogen-bond donors (Lipinski definition) is 2. The molecule has 1 aliphatic carbocycles. The topological polar surface area (TPSA) is 150 Å². The van der Waals surface area contributed by atoms with Crippen LogP contribution in [0.25, 0.3) is 22.6 Å². The molecule has 48 heavy (non-hydrogen) atoms. The lowest BCUT2D eigenvalue weighted by Crippen LogP contribution is -2.34. The number of benzene rings is 3. The number of para-hydroxylation sites is 1. The van der Waals surface area contributed by atoms with E-state index < -0.39 is 11.9 Å². The van der Waals surface area contributed by atoms with Crippen LogP contribution in [-0.2, 0) is 24.2 Å². The molecule has 6 rings (SSSR count). The summed E-state index contributed by atoms with van der Waals surface area (Å²) in [7, 11) is 0. The number of hydrogen-bond acceptors (Lipinski definition) is 8. The van der Waals surface area contributed by atoms with Gasteiger partial charge in [-0.2, -0.15) is 5.26 Å². The third-order valence-electron chi connectivity index (χ3n) is 8.76. The van der Waals surface area contributed by atoms with Crippen molar-refractivity contribution in [3.63, 3.8) is 0 Å². The highest BCUT2D eigenvalue weighted by atomic mass is 16.5. The van der Waals surface area contributed by atoms with E-state index in [1.165, 1.54) is 0 Å². The van der Waals surface area contributed by atoms with E-state index in [9.17, 15) is 14.7 Å². The molecule has 1 unspecified atom stereocenters. The Kier molecular flexibility index (Phi) is 10.1. The Bertz CT molecular complexity index is 1960. The molecule has 0 bridgehead atoms. The van der Waals surface area contributed by atoms with Gasteiger partial charge in [0.25, 0.3) is 0 Å². The summed E-state index contributed by atoms with van der Waals surface area (Å²) in [5, 5.41) is 27.8. The van der Waals surface area contributed by atoms with Gasteiger partial charge >= 0.3 is 11.9 Å². The predicted octanol–water partition coefficient (Wildman–Crippen LogP) is 7.22. The maximum atomic E-state index is 11.5. The summed E-state index contributed by atoms with van der Waals surface area (Å²) in [5.41, 5.74) is 6.65. The molecule has 244 valence electrons. The van der Waals surface area contributed by atoms with Crippen LogP contribution in [0.15, 0.2) is 83.3 Å². The zero-order valence-corrected chi connectivity index (χ0v) is 26.5. The lowest BCUT2D eigenvalue weighted by atomic mass is 9.89. The van der Waals surface area contributed by atoms with Crippen LogP contribution in [0.2, 0.25) is 0 Å². The van der Waals surface area contributed by atoms with Crippen LogP contribution in [0.3, 0.4) is 0 Å². The van der Waals surface area contributed by atoms with Crippen LogP contribution in [0, 0.1) is 11.3 Å². The molecule has 3 aromatic carbocycles. The molecule has 0 spiro atoms. The van der Waals surface area contributed by atoms with Gasteiger partial charge in [-0.15, -0.1) is 0 Å². The molecule has 2 heterocycles. The number of carboxylic acid groups (broad SMARTS) is 2. The molecule has 1 aliphatic rings. The van der Waals surface area contributed by atoms with E-state index in [0.717, 1.165) is 78.9 Å². The third-order valence-corrected chi connectivity index (χ3v) is 8.76. The van der Waals surface area contributed by atoms with Crippen LogP contribution in [-0.4, -0.2) is 50.1 Å². The molecule has 0 saturated heterocycles. The Morgan fingerprint density at radius 2 is 1.81 bits per heavy atom. The maximum absolute atomic E-state index is 11.5. The summed E-state index contributed by atoms with van der Waals surface area (Å²) in [6, 6.07) is 26.7. The summed E-state index contributed by atoms with van der Waals surface area (Å²) in [4.78, 5) is 34.1. The van der Waals surface area contributed by atoms with Gasteiger partial charge in [0, 0.05) is 30.3 Å². The van der Waals surface area contributed by atoms with Crippen LogP contribution in [0.4, 0.5) is 0 Å². The highest BCUT2D eigenvalue weighted by Gasteiger charge is 2.27. The molecule has 5 aromatic rings. The number of aromatic carboxylic acids is 1. The van der Waals surface area contributed by atoms with Crippen molar-refractivity contribution in [1.82, 2.24) is 14.9 Å². The summed E-state index contributed by atoms with van der Waals surface area (Å²) in [6.07, 6.45) is 4.78. The first-order valence-corrected chi connectivity index (χ1v) is 16.2. The van der Waals surface area contributed by atoms with Crippen molar-refractivity contribution in [2.45, 2.75) is 57.6 Å². The van der Waals surface area contributed by atoms with E-state index in [0.29, 0.717) is 35.6 Å². The van der Waals surface area contributed by atoms with E-state index in [1.807, 2.05) is 48.5 Å². The van der Waals surface area contributed by atoms with Gasteiger partial charge in [-0.05, 0) is 104 Å². The molecule has 0 aliphatic heterocycles. The number of unbranched alkanes of at least 4 members (excludes halogenated alkanes) is 1. The first-order valence-electron chi connectivity index (χ1n) is 16.2. The number of oxazole rings is 1. The number of fused-ring (bicyclic) bond motifs is 2. The van der Waals surface area contributed by atoms with Gasteiger partial charge in [0.15, 0.2) is 5.58 Å². The Balaban J connectivity index is 1.13. The fraction of sp³-hybridized carbons (Fsp3) is 0.289. The monoisotopic (exact) mass is 644 g/mol. The molecular weight excluding hydrogens is 608 g/mol. The number of carboxylic acids is 2. The van der Waals surface area contributed by atoms with Gasteiger partial charge < -0.3 is 19.4 Å². The van der Waals surface area contributed by atoms with Crippen molar-refractivity contribution < 1.29 is 29.0 Å². The summed E-state index contributed by atoms with van der Waals surface area (Å²) >= 11 is 0. The summed E-state index contributed by atoms with van der Waals surface area (Å²) < 4.78 is 12.2. The SMILES string of the molecule is N#Cc1ccc2oc(-c3ccc(COc4ccccc4CCN(CCCCC(=O)O)C4CCCc5nc(C(=O)O)ccc54)cc3)nc2c1. The largest absolute Gasteiger partial charge is 0.489 e. The minimum Gasteiger partial charge on any atom is -0.489 e. The average Bonchev–Trinajstić information content (AvgIpc) is 3.54. The lowest BCUT2D eigenvalue weighted by Gasteiger charge is -2.36. The Morgan fingerprint density at radius 1 is 0.979 bits per heavy atom. The molecule has 2 aromatic heterocycles. The van der Waals surface area contributed by atoms with Crippen LogP contribution < -0.4 is 4.74 Å². The van der Waals surface area contributed by atoms with Crippen LogP contribution >= 0.6 is 0 Å². The molecule has 10 nitrogen and oxygen atoms in total. The molecule has 10 heteroatoms. The highest BCUT2D eigenvalue weighted by molar-refractivity contribution is 5.85. The van der Waals surface area contributed by atoms with Crippen molar-refractivity contribution in [3.8, 4) is 23.3 Å². The zero-order valence-electron chi connectivity index (χ0n) is 26.5. The van der Waals surface area contributed by atoms with E-state index in [4.69, 9.17) is 19.5 Å². The van der Waals surface area contributed by atoms with Gasteiger partial charge in [0.1, 0.15) is 23.6 Å². The van der Waals surface area contributed by atoms with E-state index >= 15 is 0 Å². The van der Waals surface area contributed by atoms with Crippen LogP contribution in [0.5, 0.6) is 5.75 Å². The van der Waals surface area contributed by atoms with Crippen molar-refractivity contribution in [1.29, 1.82) is 5.26 Å². The van der Waals surface area contributed by atoms with Gasteiger partial charge in [-0.3, -0.25) is 9.69 Å². The third kappa shape index (κ3) is 7.70. The normalized spacial score (nSPS) is 14.0. The van der Waals surface area contributed by atoms with Gasteiger partial charge in [0.05, 0.1) is 11.6 Å². The highest BCUT2D eigenvalue weighted by Crippen LogP contribution is 2.35. The second-order valence-corrected chi connectivity index (χ2v) is 12.0. The van der Waals surface area contributed by atoms with Crippen LogP contribution in [0.1, 0.15) is 76.6 Å². The first-order chi connectivity index (χ1) is 23.4. The van der Waals surface area contributed by atoms with Crippen molar-refractivity contribution in [2.24, 2.45) is 0 Å². The van der Waals surface area contributed by atoms with E-state index in [-0.39, 0.29) is 18.2 Å². The number of aliphatic carboxylic acids is 1. The lowest BCUT2D eigenvalue weighted by molar-refractivity contribution is -0.137. The molecule has 1 atom stereocenters. The Hall–Kier alpha value is -5.53. The quantitative estimate of drug-likeness (QED) is 0.119. The molecule has 2 N–H and O–H groups in total. The molecule has 0 saturated carbocycles. The minimum atomic E-state index is -1.03. The number of pyridine rings is 1. The fourth-order valence-corrected chi connectivity index (χ4v) is 6.29. The number of aromatic nitrogens is 2. The number of rotatable bonds is 14. The first kappa shape index (κ1) is 32.4. The van der Waals surface area contributed by atoms with Crippen molar-refractivity contribution in [3.05, 3.63) is 113 Å².